The number of carbonyl (C=O) groups excluding carboxylic acids is 1. The maximum Gasteiger partial charge on any atom is 0.341 e. The molecule has 0 fully saturated rings. The van der Waals surface area contributed by atoms with E-state index in [9.17, 15) is 4.79 Å². The molecule has 3 nitrogen and oxygen atoms in total. The van der Waals surface area contributed by atoms with E-state index in [0.29, 0.717) is 17.2 Å². The van der Waals surface area contributed by atoms with Crippen LogP contribution in [0.5, 0.6) is 0 Å². The zero-order chi connectivity index (χ0) is 11.4. The lowest BCUT2D eigenvalue weighted by molar-refractivity contribution is 0.0527. The first-order chi connectivity index (χ1) is 7.11. The number of anilines is 1. The molecule has 1 aromatic rings. The van der Waals surface area contributed by atoms with Crippen molar-refractivity contribution in [3.05, 3.63) is 16.0 Å². The molecule has 0 aliphatic heterocycles. The highest BCUT2D eigenvalue weighted by Gasteiger charge is 2.19. The van der Waals surface area contributed by atoms with Crippen molar-refractivity contribution < 1.29 is 9.53 Å². The number of esters is 1. The van der Waals surface area contributed by atoms with Crippen molar-refractivity contribution in [1.29, 1.82) is 0 Å². The summed E-state index contributed by atoms with van der Waals surface area (Å²) in [6, 6.07) is 0. The van der Waals surface area contributed by atoms with Gasteiger partial charge in [0.25, 0.3) is 0 Å². The van der Waals surface area contributed by atoms with Crippen LogP contribution >= 0.6 is 11.3 Å². The van der Waals surface area contributed by atoms with Crippen LogP contribution in [0.4, 0.5) is 5.00 Å². The molecule has 0 radical (unpaired) electrons. The molecule has 0 saturated carbocycles. The third-order valence-electron chi connectivity index (χ3n) is 2.23. The van der Waals surface area contributed by atoms with Gasteiger partial charge in [-0.1, -0.05) is 13.3 Å². The first-order valence-corrected chi connectivity index (χ1v) is 5.98. The van der Waals surface area contributed by atoms with Crippen molar-refractivity contribution in [3.8, 4) is 0 Å². The third kappa shape index (κ3) is 2.50. The van der Waals surface area contributed by atoms with E-state index < -0.39 is 0 Å². The van der Waals surface area contributed by atoms with E-state index in [1.807, 2.05) is 6.92 Å². The Balaban J connectivity index is 3.02. The van der Waals surface area contributed by atoms with E-state index in [1.54, 1.807) is 6.92 Å². The molecule has 15 heavy (non-hydrogen) atoms. The van der Waals surface area contributed by atoms with Crippen LogP contribution < -0.4 is 5.73 Å². The number of nitrogen functional groups attached to an aromatic ring is 1. The Kier molecular flexibility index (Phi) is 4.15. The predicted molar refractivity (Wildman–Crippen MR) is 63.4 cm³/mol. The van der Waals surface area contributed by atoms with Gasteiger partial charge in [-0.15, -0.1) is 11.3 Å². The SMILES string of the molecule is CCCc1sc(N)c(C(=O)OCC)c1C. The Labute approximate surface area is 94.2 Å². The summed E-state index contributed by atoms with van der Waals surface area (Å²) in [4.78, 5) is 12.8. The van der Waals surface area contributed by atoms with Gasteiger partial charge in [-0.2, -0.15) is 0 Å². The normalized spacial score (nSPS) is 10.3. The van der Waals surface area contributed by atoms with Gasteiger partial charge in [0, 0.05) is 4.88 Å². The Bertz CT molecular complexity index is 358. The Hall–Kier alpha value is -1.03. The van der Waals surface area contributed by atoms with Gasteiger partial charge >= 0.3 is 5.97 Å². The van der Waals surface area contributed by atoms with Gasteiger partial charge in [0.1, 0.15) is 5.00 Å². The summed E-state index contributed by atoms with van der Waals surface area (Å²) in [5.41, 5.74) is 7.37. The number of aryl methyl sites for hydroxylation is 1. The second kappa shape index (κ2) is 5.16. The van der Waals surface area contributed by atoms with E-state index in [2.05, 4.69) is 6.92 Å². The fraction of sp³-hybridized carbons (Fsp3) is 0.545. The molecular formula is C11H17NO2S. The molecule has 0 aliphatic carbocycles. The van der Waals surface area contributed by atoms with Gasteiger partial charge in [0.2, 0.25) is 0 Å². The van der Waals surface area contributed by atoms with Crippen LogP contribution in [-0.4, -0.2) is 12.6 Å². The lowest BCUT2D eigenvalue weighted by Crippen LogP contribution is -2.07. The maximum absolute atomic E-state index is 11.6. The second-order valence-corrected chi connectivity index (χ2v) is 4.50. The van der Waals surface area contributed by atoms with E-state index in [-0.39, 0.29) is 5.97 Å². The molecule has 4 heteroatoms. The Morgan fingerprint density at radius 3 is 2.67 bits per heavy atom. The average molecular weight is 227 g/mol. The highest BCUT2D eigenvalue weighted by molar-refractivity contribution is 7.16. The molecule has 84 valence electrons. The van der Waals surface area contributed by atoms with Gasteiger partial charge in [0.05, 0.1) is 12.2 Å². The lowest BCUT2D eigenvalue weighted by Gasteiger charge is -2.02. The topological polar surface area (TPSA) is 52.3 Å². The molecule has 2 N–H and O–H groups in total. The third-order valence-corrected chi connectivity index (χ3v) is 3.41. The van der Waals surface area contributed by atoms with Crippen LogP contribution in [0, 0.1) is 6.92 Å². The van der Waals surface area contributed by atoms with E-state index in [4.69, 9.17) is 10.5 Å². The molecule has 0 atom stereocenters. The van der Waals surface area contributed by atoms with Crippen molar-refractivity contribution in [2.24, 2.45) is 0 Å². The summed E-state index contributed by atoms with van der Waals surface area (Å²) in [6.07, 6.45) is 2.03. The molecule has 0 bridgehead atoms. The number of rotatable bonds is 4. The predicted octanol–water partition coefficient (Wildman–Crippen LogP) is 2.77. The van der Waals surface area contributed by atoms with Crippen LogP contribution in [0.15, 0.2) is 0 Å². The van der Waals surface area contributed by atoms with Crippen molar-refractivity contribution in [2.45, 2.75) is 33.6 Å². The minimum atomic E-state index is -0.300. The largest absolute Gasteiger partial charge is 0.462 e. The van der Waals surface area contributed by atoms with E-state index in [0.717, 1.165) is 18.4 Å². The van der Waals surface area contributed by atoms with Crippen LogP contribution in [0.3, 0.4) is 0 Å². The van der Waals surface area contributed by atoms with Crippen molar-refractivity contribution >= 4 is 22.3 Å². The molecule has 1 heterocycles. The number of thiophene rings is 1. The van der Waals surface area contributed by atoms with Gasteiger partial charge < -0.3 is 10.5 Å². The molecule has 0 unspecified atom stereocenters. The van der Waals surface area contributed by atoms with Crippen molar-refractivity contribution in [2.75, 3.05) is 12.3 Å². The van der Waals surface area contributed by atoms with Crippen LogP contribution in [0.25, 0.3) is 0 Å². The van der Waals surface area contributed by atoms with Crippen LogP contribution in [0.1, 0.15) is 41.1 Å². The van der Waals surface area contributed by atoms with E-state index >= 15 is 0 Å². The minimum absolute atomic E-state index is 0.300. The van der Waals surface area contributed by atoms with Gasteiger partial charge in [-0.3, -0.25) is 0 Å². The first-order valence-electron chi connectivity index (χ1n) is 5.16. The van der Waals surface area contributed by atoms with E-state index in [1.165, 1.54) is 16.2 Å². The minimum Gasteiger partial charge on any atom is -0.462 e. The summed E-state index contributed by atoms with van der Waals surface area (Å²) >= 11 is 1.50. The summed E-state index contributed by atoms with van der Waals surface area (Å²) in [7, 11) is 0. The quantitative estimate of drug-likeness (QED) is 0.805. The number of nitrogens with two attached hydrogens (primary N) is 1. The molecular weight excluding hydrogens is 210 g/mol. The highest BCUT2D eigenvalue weighted by Crippen LogP contribution is 2.31. The lowest BCUT2D eigenvalue weighted by atomic mass is 10.1. The number of hydrogen-bond acceptors (Lipinski definition) is 4. The van der Waals surface area contributed by atoms with Crippen LogP contribution in [-0.2, 0) is 11.2 Å². The molecule has 0 amide bonds. The zero-order valence-electron chi connectivity index (χ0n) is 9.42. The molecule has 0 aromatic carbocycles. The molecule has 0 spiro atoms. The second-order valence-electron chi connectivity index (χ2n) is 3.36. The number of ether oxygens (including phenoxy) is 1. The zero-order valence-corrected chi connectivity index (χ0v) is 10.2. The number of carbonyl (C=O) groups is 1. The fourth-order valence-electron chi connectivity index (χ4n) is 1.51. The van der Waals surface area contributed by atoms with Crippen molar-refractivity contribution in [1.82, 2.24) is 0 Å². The smallest absolute Gasteiger partial charge is 0.341 e. The highest BCUT2D eigenvalue weighted by atomic mass is 32.1. The summed E-state index contributed by atoms with van der Waals surface area (Å²) in [5.74, 6) is -0.300. The molecule has 0 aliphatic rings. The van der Waals surface area contributed by atoms with Gasteiger partial charge in [-0.05, 0) is 25.8 Å². The maximum atomic E-state index is 11.6. The molecule has 0 saturated heterocycles. The van der Waals surface area contributed by atoms with Crippen LogP contribution in [0.2, 0.25) is 0 Å². The molecule has 1 aromatic heterocycles. The number of hydrogen-bond donors (Lipinski definition) is 1. The Morgan fingerprint density at radius 1 is 1.47 bits per heavy atom. The average Bonchev–Trinajstić information content (AvgIpc) is 2.43. The van der Waals surface area contributed by atoms with Gasteiger partial charge in [-0.25, -0.2) is 4.79 Å². The Morgan fingerprint density at radius 2 is 2.13 bits per heavy atom. The van der Waals surface area contributed by atoms with Crippen molar-refractivity contribution in [3.63, 3.8) is 0 Å². The molecule has 1 rings (SSSR count). The summed E-state index contributed by atoms with van der Waals surface area (Å²) in [5, 5.41) is 0.578. The summed E-state index contributed by atoms with van der Waals surface area (Å²) < 4.78 is 4.97. The van der Waals surface area contributed by atoms with Gasteiger partial charge in [0.15, 0.2) is 0 Å². The first kappa shape index (κ1) is 12.0. The standard InChI is InChI=1S/C11H17NO2S/c1-4-6-8-7(3)9(10(12)15-8)11(13)14-5-2/h4-6,12H2,1-3H3. The fourth-order valence-corrected chi connectivity index (χ4v) is 2.67. The monoisotopic (exact) mass is 227 g/mol. The summed E-state index contributed by atoms with van der Waals surface area (Å²) in [6.45, 7) is 6.23.